The molecular formula is C30H32. The third-order valence-electron chi connectivity index (χ3n) is 5.17. The van der Waals surface area contributed by atoms with E-state index >= 15 is 0 Å². The Morgan fingerprint density at radius 1 is 0.667 bits per heavy atom. The lowest BCUT2D eigenvalue weighted by Gasteiger charge is -2.11. The minimum Gasteiger partial charge on any atom is -0.0622 e. The topological polar surface area (TPSA) is 0 Å². The molecule has 0 heterocycles. The first-order valence-corrected chi connectivity index (χ1v) is 10.6. The summed E-state index contributed by atoms with van der Waals surface area (Å²) in [6.45, 7) is 4.42. The fraction of sp³-hybridized carbons (Fsp3) is 0.133. The van der Waals surface area contributed by atoms with Gasteiger partial charge in [-0.15, -0.1) is 0 Å². The second-order valence-electron chi connectivity index (χ2n) is 7.61. The summed E-state index contributed by atoms with van der Waals surface area (Å²) in [6, 6.07) is 42.2. The summed E-state index contributed by atoms with van der Waals surface area (Å²) < 4.78 is 0. The fourth-order valence-electron chi connectivity index (χ4n) is 3.45. The van der Waals surface area contributed by atoms with Crippen LogP contribution < -0.4 is 0 Å². The fourth-order valence-corrected chi connectivity index (χ4v) is 3.45. The smallest absolute Gasteiger partial charge is 0 e. The molecule has 0 fully saturated rings. The van der Waals surface area contributed by atoms with E-state index in [-0.39, 0.29) is 1.43 Å². The Labute approximate surface area is 183 Å². The number of hydrogen-bond acceptors (Lipinski definition) is 0. The van der Waals surface area contributed by atoms with Crippen molar-refractivity contribution in [2.45, 2.75) is 26.2 Å². The van der Waals surface area contributed by atoms with Gasteiger partial charge in [0.25, 0.3) is 0 Å². The summed E-state index contributed by atoms with van der Waals surface area (Å²) in [7, 11) is 0. The van der Waals surface area contributed by atoms with Gasteiger partial charge >= 0.3 is 0 Å². The standard InChI is InChI=1S/C15H16.C15H14.H2/c2*1-13(15-10-6-3-7-11-15)12-14-8-4-2-5-9-14;/h2-11,13H,12H2,1H3;2-12H,1H3;1H/b;13-12+;. The van der Waals surface area contributed by atoms with Gasteiger partial charge < -0.3 is 0 Å². The van der Waals surface area contributed by atoms with Crippen molar-refractivity contribution in [2.24, 2.45) is 0 Å². The van der Waals surface area contributed by atoms with Crippen molar-refractivity contribution in [3.8, 4) is 0 Å². The molecule has 1 atom stereocenters. The molecule has 152 valence electrons. The predicted molar refractivity (Wildman–Crippen MR) is 134 cm³/mol. The monoisotopic (exact) mass is 392 g/mol. The molecule has 4 rings (SSSR count). The van der Waals surface area contributed by atoms with Gasteiger partial charge in [0.15, 0.2) is 0 Å². The lowest BCUT2D eigenvalue weighted by atomic mass is 9.94. The van der Waals surface area contributed by atoms with Crippen molar-refractivity contribution in [3.63, 3.8) is 0 Å². The molecule has 0 aliphatic heterocycles. The van der Waals surface area contributed by atoms with Crippen LogP contribution in [0, 0.1) is 0 Å². The maximum Gasteiger partial charge on any atom is 0 e. The average molecular weight is 393 g/mol. The van der Waals surface area contributed by atoms with Gasteiger partial charge in [0, 0.05) is 1.43 Å². The van der Waals surface area contributed by atoms with Crippen LogP contribution in [0.25, 0.3) is 11.6 Å². The van der Waals surface area contributed by atoms with Crippen LogP contribution in [0.2, 0.25) is 0 Å². The van der Waals surface area contributed by atoms with Gasteiger partial charge in [-0.3, -0.25) is 0 Å². The molecule has 30 heavy (non-hydrogen) atoms. The Bertz CT molecular complexity index is 1010. The Hall–Kier alpha value is -3.38. The third-order valence-corrected chi connectivity index (χ3v) is 5.17. The third kappa shape index (κ3) is 6.90. The Morgan fingerprint density at radius 2 is 1.13 bits per heavy atom. The summed E-state index contributed by atoms with van der Waals surface area (Å²) in [4.78, 5) is 0. The van der Waals surface area contributed by atoms with Crippen molar-refractivity contribution >= 4 is 11.6 Å². The van der Waals surface area contributed by atoms with Crippen LogP contribution >= 0.6 is 0 Å². The van der Waals surface area contributed by atoms with Gasteiger partial charge in [-0.1, -0.05) is 134 Å². The Morgan fingerprint density at radius 3 is 1.70 bits per heavy atom. The van der Waals surface area contributed by atoms with Crippen LogP contribution in [0.3, 0.4) is 0 Å². The van der Waals surface area contributed by atoms with Crippen molar-refractivity contribution in [1.29, 1.82) is 0 Å². The zero-order valence-electron chi connectivity index (χ0n) is 17.9. The number of allylic oxidation sites excluding steroid dienone is 1. The Kier molecular flexibility index (Phi) is 8.23. The van der Waals surface area contributed by atoms with E-state index in [1.807, 2.05) is 12.1 Å². The molecule has 0 aromatic heterocycles. The summed E-state index contributed by atoms with van der Waals surface area (Å²) in [5, 5.41) is 0. The largest absolute Gasteiger partial charge is 0.0622 e. The van der Waals surface area contributed by atoms with Crippen LogP contribution in [0.1, 0.15) is 43.4 Å². The predicted octanol–water partition coefficient (Wildman–Crippen LogP) is 8.53. The highest BCUT2D eigenvalue weighted by molar-refractivity contribution is 5.79. The molecule has 0 heteroatoms. The van der Waals surface area contributed by atoms with Gasteiger partial charge in [-0.05, 0) is 47.1 Å². The molecule has 0 saturated heterocycles. The summed E-state index contributed by atoms with van der Waals surface area (Å²) in [5.74, 6) is 0.591. The second kappa shape index (κ2) is 11.6. The molecule has 0 aliphatic rings. The maximum atomic E-state index is 2.28. The Balaban J connectivity index is 0.000000213. The quantitative estimate of drug-likeness (QED) is 0.298. The zero-order valence-corrected chi connectivity index (χ0v) is 17.9. The lowest BCUT2D eigenvalue weighted by molar-refractivity contribution is 0.759. The van der Waals surface area contributed by atoms with E-state index in [9.17, 15) is 0 Å². The second-order valence-corrected chi connectivity index (χ2v) is 7.61. The minimum atomic E-state index is 0. The molecule has 4 aromatic rings. The average Bonchev–Trinajstić information content (AvgIpc) is 2.82. The van der Waals surface area contributed by atoms with Crippen LogP contribution in [-0.4, -0.2) is 0 Å². The van der Waals surface area contributed by atoms with Gasteiger partial charge in [0.1, 0.15) is 0 Å². The van der Waals surface area contributed by atoms with E-state index in [1.165, 1.54) is 27.8 Å². The van der Waals surface area contributed by atoms with E-state index < -0.39 is 0 Å². The highest BCUT2D eigenvalue weighted by Gasteiger charge is 2.05. The van der Waals surface area contributed by atoms with E-state index in [1.54, 1.807) is 0 Å². The SMILES string of the molecule is C/C(=C\c1ccccc1)c1ccccc1.CC(Cc1ccccc1)c1ccccc1.[HH]. The lowest BCUT2D eigenvalue weighted by Crippen LogP contribution is -1.97. The molecule has 0 spiro atoms. The first-order chi connectivity index (χ1) is 14.7. The number of hydrogen-bond donors (Lipinski definition) is 0. The summed E-state index contributed by atoms with van der Waals surface area (Å²) in [6.07, 6.45) is 3.32. The van der Waals surface area contributed by atoms with E-state index in [4.69, 9.17) is 0 Å². The highest BCUT2D eigenvalue weighted by Crippen LogP contribution is 2.19. The van der Waals surface area contributed by atoms with Crippen molar-refractivity contribution in [1.82, 2.24) is 0 Å². The first kappa shape index (κ1) is 21.3. The molecule has 0 aliphatic carbocycles. The normalized spacial score (nSPS) is 11.9. The molecule has 0 amide bonds. The molecule has 0 bridgehead atoms. The van der Waals surface area contributed by atoms with Gasteiger partial charge in [-0.25, -0.2) is 0 Å². The number of benzene rings is 4. The molecule has 4 aromatic carbocycles. The molecule has 0 radical (unpaired) electrons. The highest BCUT2D eigenvalue weighted by atomic mass is 14.1. The number of rotatable bonds is 5. The van der Waals surface area contributed by atoms with Gasteiger partial charge in [0.05, 0.1) is 0 Å². The first-order valence-electron chi connectivity index (χ1n) is 10.6. The van der Waals surface area contributed by atoms with E-state index in [0.29, 0.717) is 5.92 Å². The van der Waals surface area contributed by atoms with Gasteiger partial charge in [0.2, 0.25) is 0 Å². The summed E-state index contributed by atoms with van der Waals surface area (Å²) in [5.41, 5.74) is 6.65. The maximum absolute atomic E-state index is 2.28. The van der Waals surface area contributed by atoms with Crippen LogP contribution in [-0.2, 0) is 6.42 Å². The van der Waals surface area contributed by atoms with E-state index in [0.717, 1.165) is 6.42 Å². The minimum absolute atomic E-state index is 0. The molecule has 1 unspecified atom stereocenters. The molecular weight excluding hydrogens is 360 g/mol. The summed E-state index contributed by atoms with van der Waals surface area (Å²) >= 11 is 0. The van der Waals surface area contributed by atoms with Crippen LogP contribution in [0.15, 0.2) is 121 Å². The van der Waals surface area contributed by atoms with Gasteiger partial charge in [-0.2, -0.15) is 0 Å². The van der Waals surface area contributed by atoms with Crippen molar-refractivity contribution < 1.29 is 1.43 Å². The van der Waals surface area contributed by atoms with E-state index in [2.05, 4.69) is 129 Å². The van der Waals surface area contributed by atoms with Crippen molar-refractivity contribution in [2.75, 3.05) is 0 Å². The molecule has 0 nitrogen and oxygen atoms in total. The van der Waals surface area contributed by atoms with Crippen molar-refractivity contribution in [3.05, 3.63) is 144 Å². The molecule has 0 saturated carbocycles. The molecule has 0 N–H and O–H groups in total. The zero-order chi connectivity index (χ0) is 21.0. The van der Waals surface area contributed by atoms with Crippen LogP contribution in [0.5, 0.6) is 0 Å². The van der Waals surface area contributed by atoms with Crippen LogP contribution in [0.4, 0.5) is 0 Å².